The minimum atomic E-state index is -3.66. The molecule has 2 heterocycles. The summed E-state index contributed by atoms with van der Waals surface area (Å²) in [4.78, 5) is 4.41. The van der Waals surface area contributed by atoms with Gasteiger partial charge < -0.3 is 4.57 Å². The molecule has 0 atom stereocenters. The van der Waals surface area contributed by atoms with E-state index < -0.39 is 15.8 Å². The number of sulfonamides is 1. The quantitative estimate of drug-likeness (QED) is 0.667. The Morgan fingerprint density at radius 1 is 1.31 bits per heavy atom. The van der Waals surface area contributed by atoms with Crippen LogP contribution in [0.5, 0.6) is 0 Å². The van der Waals surface area contributed by atoms with Gasteiger partial charge in [-0.2, -0.15) is 5.26 Å². The van der Waals surface area contributed by atoms with Crippen LogP contribution < -0.4 is 4.72 Å². The van der Waals surface area contributed by atoms with Crippen molar-refractivity contribution < 1.29 is 12.8 Å². The monoisotopic (exact) mass is 412 g/mol. The van der Waals surface area contributed by atoms with Crippen LogP contribution in [0, 0.1) is 23.1 Å². The third kappa shape index (κ3) is 3.76. The van der Waals surface area contributed by atoms with Crippen LogP contribution in [0.4, 0.5) is 4.39 Å². The summed E-state index contributed by atoms with van der Waals surface area (Å²) in [5.41, 5.74) is 2.22. The molecule has 3 aromatic rings. The van der Waals surface area contributed by atoms with E-state index in [0.717, 1.165) is 24.9 Å². The molecular weight excluding hydrogens is 391 g/mol. The SMILES string of the molecule is CC(C)NS(=O)(=O)c1ccc(-c2c(C#N)c3cc(F)ccc3n2CC2CC2)nc1. The van der Waals surface area contributed by atoms with E-state index in [0.29, 0.717) is 28.3 Å². The highest BCUT2D eigenvalue weighted by molar-refractivity contribution is 7.89. The fraction of sp³-hybridized carbons (Fsp3) is 0.333. The van der Waals surface area contributed by atoms with Gasteiger partial charge in [0, 0.05) is 24.2 Å². The first-order valence-electron chi connectivity index (χ1n) is 9.50. The molecule has 1 aromatic carbocycles. The van der Waals surface area contributed by atoms with E-state index in [1.165, 1.54) is 24.4 Å². The second-order valence-corrected chi connectivity index (χ2v) is 9.42. The Morgan fingerprint density at radius 2 is 2.07 bits per heavy atom. The number of pyridine rings is 1. The highest BCUT2D eigenvalue weighted by Gasteiger charge is 2.27. The molecule has 150 valence electrons. The molecular formula is C21H21FN4O2S. The predicted octanol–water partition coefficient (Wildman–Crippen LogP) is 3.81. The van der Waals surface area contributed by atoms with Crippen LogP contribution in [0.1, 0.15) is 32.3 Å². The van der Waals surface area contributed by atoms with Crippen LogP contribution in [-0.4, -0.2) is 24.0 Å². The zero-order valence-corrected chi connectivity index (χ0v) is 17.0. The molecule has 1 aliphatic rings. The number of nitrogens with one attached hydrogen (secondary N) is 1. The van der Waals surface area contributed by atoms with Crippen LogP contribution in [0.15, 0.2) is 41.4 Å². The topological polar surface area (TPSA) is 87.8 Å². The molecule has 1 N–H and O–H groups in total. The Labute approximate surface area is 169 Å². The van der Waals surface area contributed by atoms with Gasteiger partial charge in [-0.25, -0.2) is 17.5 Å². The average molecular weight is 412 g/mol. The minimum Gasteiger partial charge on any atom is -0.338 e. The van der Waals surface area contributed by atoms with Crippen LogP contribution in [0.3, 0.4) is 0 Å². The number of fused-ring (bicyclic) bond motifs is 1. The fourth-order valence-electron chi connectivity index (χ4n) is 3.51. The molecule has 0 bridgehead atoms. The molecule has 6 nitrogen and oxygen atoms in total. The Hall–Kier alpha value is -2.76. The van der Waals surface area contributed by atoms with Gasteiger partial charge in [0.25, 0.3) is 0 Å². The van der Waals surface area contributed by atoms with Crippen LogP contribution in [0.2, 0.25) is 0 Å². The second kappa shape index (κ2) is 7.25. The highest BCUT2D eigenvalue weighted by Crippen LogP contribution is 2.38. The normalized spacial score (nSPS) is 14.4. The standard InChI is InChI=1S/C21H21FN4O2S/c1-13(2)25-29(27,28)16-6-7-19(24-11-16)21-18(10-23)17-9-15(22)5-8-20(17)26(21)12-14-3-4-14/h5-9,11,13-14,25H,3-4,12H2,1-2H3. The molecule has 4 rings (SSSR count). The molecule has 0 aliphatic heterocycles. The smallest absolute Gasteiger partial charge is 0.242 e. The summed E-state index contributed by atoms with van der Waals surface area (Å²) in [5.74, 6) is 0.120. The second-order valence-electron chi connectivity index (χ2n) is 7.71. The molecule has 8 heteroatoms. The van der Waals surface area contributed by atoms with Crippen LogP contribution in [-0.2, 0) is 16.6 Å². The van der Waals surface area contributed by atoms with Gasteiger partial charge in [-0.05, 0) is 62.9 Å². The molecule has 0 spiro atoms. The first kappa shape index (κ1) is 19.6. The van der Waals surface area contributed by atoms with Crippen molar-refractivity contribution in [2.24, 2.45) is 5.92 Å². The van der Waals surface area contributed by atoms with E-state index >= 15 is 0 Å². The first-order chi connectivity index (χ1) is 13.8. The Kier molecular flexibility index (Phi) is 4.89. The lowest BCUT2D eigenvalue weighted by molar-refractivity contribution is 0.569. The number of rotatable bonds is 6. The highest BCUT2D eigenvalue weighted by atomic mass is 32.2. The lowest BCUT2D eigenvalue weighted by Gasteiger charge is -2.12. The number of halogens is 1. The Morgan fingerprint density at radius 3 is 2.66 bits per heavy atom. The maximum absolute atomic E-state index is 13.9. The van der Waals surface area contributed by atoms with Gasteiger partial charge in [0.1, 0.15) is 16.8 Å². The average Bonchev–Trinajstić information content (AvgIpc) is 3.42. The van der Waals surface area contributed by atoms with Crippen molar-refractivity contribution >= 4 is 20.9 Å². The number of aromatic nitrogens is 2. The van der Waals surface area contributed by atoms with E-state index in [-0.39, 0.29) is 10.9 Å². The summed E-state index contributed by atoms with van der Waals surface area (Å²) in [6.07, 6.45) is 3.53. The van der Waals surface area contributed by atoms with Crippen molar-refractivity contribution in [2.75, 3.05) is 0 Å². The number of nitrogens with zero attached hydrogens (tertiary/aromatic N) is 3. The van der Waals surface area contributed by atoms with E-state index in [4.69, 9.17) is 0 Å². The third-order valence-electron chi connectivity index (χ3n) is 4.96. The van der Waals surface area contributed by atoms with Crippen molar-refractivity contribution in [3.05, 3.63) is 47.9 Å². The number of nitriles is 1. The van der Waals surface area contributed by atoms with Gasteiger partial charge in [0.05, 0.1) is 22.5 Å². The van der Waals surface area contributed by atoms with Gasteiger partial charge in [-0.1, -0.05) is 0 Å². The summed E-state index contributed by atoms with van der Waals surface area (Å²) >= 11 is 0. The number of hydrogen-bond donors (Lipinski definition) is 1. The van der Waals surface area contributed by atoms with E-state index in [1.807, 2.05) is 4.57 Å². The van der Waals surface area contributed by atoms with Gasteiger partial charge >= 0.3 is 0 Å². The largest absolute Gasteiger partial charge is 0.338 e. The molecule has 2 aromatic heterocycles. The van der Waals surface area contributed by atoms with Crippen molar-refractivity contribution in [1.82, 2.24) is 14.3 Å². The maximum atomic E-state index is 13.9. The van der Waals surface area contributed by atoms with Gasteiger partial charge in [0.2, 0.25) is 10.0 Å². The number of benzene rings is 1. The van der Waals surface area contributed by atoms with E-state index in [9.17, 15) is 18.1 Å². The van der Waals surface area contributed by atoms with E-state index in [1.54, 1.807) is 26.0 Å². The summed E-state index contributed by atoms with van der Waals surface area (Å²) in [7, 11) is -3.66. The van der Waals surface area contributed by atoms with Crippen molar-refractivity contribution in [3.63, 3.8) is 0 Å². The Balaban J connectivity index is 1.86. The summed E-state index contributed by atoms with van der Waals surface area (Å²) in [5, 5.41) is 10.3. The number of hydrogen-bond acceptors (Lipinski definition) is 4. The zero-order chi connectivity index (χ0) is 20.8. The zero-order valence-electron chi connectivity index (χ0n) is 16.2. The lowest BCUT2D eigenvalue weighted by atomic mass is 10.1. The van der Waals surface area contributed by atoms with Crippen molar-refractivity contribution in [1.29, 1.82) is 5.26 Å². The van der Waals surface area contributed by atoms with Crippen LogP contribution >= 0.6 is 0 Å². The molecule has 0 saturated heterocycles. The van der Waals surface area contributed by atoms with Gasteiger partial charge in [-0.3, -0.25) is 4.98 Å². The first-order valence-corrected chi connectivity index (χ1v) is 11.0. The van der Waals surface area contributed by atoms with Gasteiger partial charge in [-0.15, -0.1) is 0 Å². The maximum Gasteiger partial charge on any atom is 0.242 e. The minimum absolute atomic E-state index is 0.0596. The molecule has 0 radical (unpaired) electrons. The summed E-state index contributed by atoms with van der Waals surface area (Å²) in [6.45, 7) is 4.21. The molecule has 0 unspecified atom stereocenters. The molecule has 1 saturated carbocycles. The van der Waals surface area contributed by atoms with Gasteiger partial charge in [0.15, 0.2) is 0 Å². The Bertz CT molecular complexity index is 1220. The van der Waals surface area contributed by atoms with E-state index in [2.05, 4.69) is 15.8 Å². The predicted molar refractivity (Wildman–Crippen MR) is 108 cm³/mol. The fourth-order valence-corrected chi connectivity index (χ4v) is 4.71. The molecule has 0 amide bonds. The molecule has 1 fully saturated rings. The third-order valence-corrected chi connectivity index (χ3v) is 6.60. The summed E-state index contributed by atoms with van der Waals surface area (Å²) in [6, 6.07) is 9.47. The van der Waals surface area contributed by atoms with Crippen molar-refractivity contribution in [3.8, 4) is 17.5 Å². The lowest BCUT2D eigenvalue weighted by Crippen LogP contribution is -2.30. The summed E-state index contributed by atoms with van der Waals surface area (Å²) < 4.78 is 43.1. The van der Waals surface area contributed by atoms with Crippen molar-refractivity contribution in [2.45, 2.75) is 44.2 Å². The van der Waals surface area contributed by atoms with Crippen LogP contribution in [0.25, 0.3) is 22.3 Å². The molecule has 1 aliphatic carbocycles. The molecule has 29 heavy (non-hydrogen) atoms.